The Labute approximate surface area is 120 Å². The molecule has 3 nitrogen and oxygen atoms in total. The molecule has 0 aliphatic carbocycles. The minimum Gasteiger partial charge on any atom is -0.370 e. The normalized spacial score (nSPS) is 27.6. The van der Waals surface area contributed by atoms with Crippen LogP contribution in [-0.2, 0) is 6.54 Å². The van der Waals surface area contributed by atoms with Gasteiger partial charge >= 0.3 is 0 Å². The summed E-state index contributed by atoms with van der Waals surface area (Å²) in [5, 5.41) is 0.794. The van der Waals surface area contributed by atoms with Crippen LogP contribution in [0.15, 0.2) is 18.2 Å². The molecule has 2 bridgehead atoms. The van der Waals surface area contributed by atoms with Crippen LogP contribution in [0, 0.1) is 0 Å². The Hall–Kier alpha value is -0.770. The van der Waals surface area contributed by atoms with Crippen LogP contribution < -0.4 is 10.6 Å². The predicted molar refractivity (Wildman–Crippen MR) is 80.7 cm³/mol. The smallest absolute Gasteiger partial charge is 0.0471 e. The lowest BCUT2D eigenvalue weighted by Gasteiger charge is -2.28. The van der Waals surface area contributed by atoms with Gasteiger partial charge in [0.2, 0.25) is 0 Å². The van der Waals surface area contributed by atoms with E-state index in [1.807, 2.05) is 0 Å². The van der Waals surface area contributed by atoms with E-state index in [4.69, 9.17) is 17.3 Å². The number of fused-ring (bicyclic) bond motifs is 2. The van der Waals surface area contributed by atoms with Crippen molar-refractivity contribution in [2.24, 2.45) is 5.73 Å². The number of nitrogens with two attached hydrogens (primary N) is 1. The number of rotatable bonds is 2. The number of nitrogens with zero attached hydrogens (tertiary/aromatic N) is 2. The summed E-state index contributed by atoms with van der Waals surface area (Å²) in [5.74, 6) is 0. The molecule has 0 radical (unpaired) electrons. The molecule has 2 atom stereocenters. The fraction of sp³-hybridized carbons (Fsp3) is 0.600. The van der Waals surface area contributed by atoms with Crippen molar-refractivity contribution in [2.75, 3.05) is 25.0 Å². The van der Waals surface area contributed by atoms with E-state index in [1.54, 1.807) is 0 Å². The first-order valence-electron chi connectivity index (χ1n) is 7.14. The van der Waals surface area contributed by atoms with Crippen molar-refractivity contribution in [1.82, 2.24) is 4.90 Å². The molecule has 0 aromatic heterocycles. The van der Waals surface area contributed by atoms with E-state index in [1.165, 1.54) is 24.9 Å². The molecule has 19 heavy (non-hydrogen) atoms. The summed E-state index contributed by atoms with van der Waals surface area (Å²) < 4.78 is 0. The van der Waals surface area contributed by atoms with Crippen LogP contribution in [0.4, 0.5) is 5.69 Å². The number of anilines is 1. The van der Waals surface area contributed by atoms with E-state index >= 15 is 0 Å². The molecule has 2 unspecified atom stereocenters. The summed E-state index contributed by atoms with van der Waals surface area (Å²) in [5.41, 5.74) is 7.93. The molecule has 1 aromatic rings. The van der Waals surface area contributed by atoms with Gasteiger partial charge in [-0.3, -0.25) is 4.90 Å². The molecular formula is C15H22ClN3. The molecule has 0 amide bonds. The minimum absolute atomic E-state index is 0.506. The molecule has 3 rings (SSSR count). The third kappa shape index (κ3) is 2.47. The van der Waals surface area contributed by atoms with E-state index in [9.17, 15) is 0 Å². The van der Waals surface area contributed by atoms with Crippen molar-refractivity contribution in [1.29, 1.82) is 0 Å². The second-order valence-electron chi connectivity index (χ2n) is 5.76. The van der Waals surface area contributed by atoms with E-state index in [0.717, 1.165) is 29.7 Å². The molecule has 0 spiro atoms. The zero-order valence-corrected chi connectivity index (χ0v) is 12.2. The van der Waals surface area contributed by atoms with Gasteiger partial charge in [0.05, 0.1) is 0 Å². The van der Waals surface area contributed by atoms with Gasteiger partial charge in [-0.15, -0.1) is 0 Å². The number of hydrogen-bond acceptors (Lipinski definition) is 3. The number of halogens is 1. The third-order valence-corrected chi connectivity index (χ3v) is 5.12. The average Bonchev–Trinajstić information content (AvgIpc) is 2.63. The van der Waals surface area contributed by atoms with Gasteiger partial charge in [0, 0.05) is 42.4 Å². The van der Waals surface area contributed by atoms with Gasteiger partial charge in [0.15, 0.2) is 0 Å². The molecule has 2 fully saturated rings. The average molecular weight is 280 g/mol. The fourth-order valence-corrected chi connectivity index (χ4v) is 3.69. The highest BCUT2D eigenvalue weighted by Gasteiger charge is 2.34. The lowest BCUT2D eigenvalue weighted by atomic mass is 10.1. The van der Waals surface area contributed by atoms with Gasteiger partial charge in [-0.2, -0.15) is 0 Å². The Morgan fingerprint density at radius 2 is 2.05 bits per heavy atom. The maximum Gasteiger partial charge on any atom is 0.0471 e. The largest absolute Gasteiger partial charge is 0.370 e. The molecule has 2 aliphatic rings. The Balaban J connectivity index is 1.81. The summed E-state index contributed by atoms with van der Waals surface area (Å²) in [6.07, 6.45) is 3.94. The Kier molecular flexibility index (Phi) is 3.70. The number of benzene rings is 1. The molecule has 2 heterocycles. The lowest BCUT2D eigenvalue weighted by molar-refractivity contribution is 0.254. The SMILES string of the molecule is CN1C2CCC1CN(c1ccc(CN)c(Cl)c1)CC2. The molecule has 2 N–H and O–H groups in total. The molecule has 2 aliphatic heterocycles. The number of likely N-dealkylation sites (N-methyl/N-ethyl adjacent to an activating group) is 1. The van der Waals surface area contributed by atoms with Gasteiger partial charge in [-0.05, 0) is 44.0 Å². The monoisotopic (exact) mass is 279 g/mol. The topological polar surface area (TPSA) is 32.5 Å². The van der Waals surface area contributed by atoms with Crippen molar-refractivity contribution >= 4 is 17.3 Å². The van der Waals surface area contributed by atoms with E-state index in [2.05, 4.69) is 35.0 Å². The molecule has 4 heteroatoms. The Morgan fingerprint density at radius 1 is 1.26 bits per heavy atom. The van der Waals surface area contributed by atoms with Crippen molar-refractivity contribution in [3.05, 3.63) is 28.8 Å². The van der Waals surface area contributed by atoms with Crippen molar-refractivity contribution in [3.63, 3.8) is 0 Å². The Bertz CT molecular complexity index is 463. The molecule has 2 saturated heterocycles. The summed E-state index contributed by atoms with van der Waals surface area (Å²) >= 11 is 6.28. The first-order chi connectivity index (χ1) is 9.19. The van der Waals surface area contributed by atoms with E-state index < -0.39 is 0 Å². The minimum atomic E-state index is 0.506. The quantitative estimate of drug-likeness (QED) is 0.903. The highest BCUT2D eigenvalue weighted by atomic mass is 35.5. The zero-order valence-electron chi connectivity index (χ0n) is 11.5. The van der Waals surface area contributed by atoms with Crippen LogP contribution in [0.5, 0.6) is 0 Å². The zero-order chi connectivity index (χ0) is 13.4. The molecule has 0 saturated carbocycles. The maximum atomic E-state index is 6.28. The van der Waals surface area contributed by atoms with Crippen molar-refractivity contribution in [3.8, 4) is 0 Å². The van der Waals surface area contributed by atoms with Crippen LogP contribution in [0.1, 0.15) is 24.8 Å². The first-order valence-corrected chi connectivity index (χ1v) is 7.52. The summed E-state index contributed by atoms with van der Waals surface area (Å²) in [6, 6.07) is 7.76. The van der Waals surface area contributed by atoms with Crippen molar-refractivity contribution < 1.29 is 0 Å². The van der Waals surface area contributed by atoms with Gasteiger partial charge in [-0.1, -0.05) is 17.7 Å². The maximum absolute atomic E-state index is 6.28. The summed E-state index contributed by atoms with van der Waals surface area (Å²) in [7, 11) is 2.27. The van der Waals surface area contributed by atoms with Gasteiger partial charge in [0.1, 0.15) is 0 Å². The molecular weight excluding hydrogens is 258 g/mol. The summed E-state index contributed by atoms with van der Waals surface area (Å²) in [4.78, 5) is 5.04. The predicted octanol–water partition coefficient (Wildman–Crippen LogP) is 2.47. The molecule has 1 aromatic carbocycles. The van der Waals surface area contributed by atoms with Crippen LogP contribution in [0.3, 0.4) is 0 Å². The van der Waals surface area contributed by atoms with Gasteiger partial charge < -0.3 is 10.6 Å². The lowest BCUT2D eigenvalue weighted by Crippen LogP contribution is -2.36. The summed E-state index contributed by atoms with van der Waals surface area (Å²) in [6.45, 7) is 2.75. The Morgan fingerprint density at radius 3 is 2.79 bits per heavy atom. The standard InChI is InChI=1S/C15H22ClN3/c1-18-12-4-5-14(18)10-19(7-6-12)13-3-2-11(9-17)15(16)8-13/h2-3,8,12,14H,4-7,9-10,17H2,1H3. The third-order valence-electron chi connectivity index (χ3n) is 4.77. The van der Waals surface area contributed by atoms with Crippen LogP contribution >= 0.6 is 11.6 Å². The molecule has 104 valence electrons. The highest BCUT2D eigenvalue weighted by Crippen LogP contribution is 2.32. The van der Waals surface area contributed by atoms with E-state index in [0.29, 0.717) is 12.6 Å². The van der Waals surface area contributed by atoms with Crippen LogP contribution in [0.25, 0.3) is 0 Å². The second kappa shape index (κ2) is 5.31. The van der Waals surface area contributed by atoms with E-state index in [-0.39, 0.29) is 0 Å². The fourth-order valence-electron chi connectivity index (χ4n) is 3.44. The first kappa shape index (κ1) is 13.2. The number of hydrogen-bond donors (Lipinski definition) is 1. The van der Waals surface area contributed by atoms with Gasteiger partial charge in [-0.25, -0.2) is 0 Å². The van der Waals surface area contributed by atoms with Gasteiger partial charge in [0.25, 0.3) is 0 Å². The van der Waals surface area contributed by atoms with Crippen LogP contribution in [-0.4, -0.2) is 37.1 Å². The highest BCUT2D eigenvalue weighted by molar-refractivity contribution is 6.31. The van der Waals surface area contributed by atoms with Crippen molar-refractivity contribution in [2.45, 2.75) is 37.9 Å². The second-order valence-corrected chi connectivity index (χ2v) is 6.17. The van der Waals surface area contributed by atoms with Crippen LogP contribution in [0.2, 0.25) is 5.02 Å².